The van der Waals surface area contributed by atoms with Crippen LogP contribution < -0.4 is 5.32 Å². The van der Waals surface area contributed by atoms with E-state index in [0.717, 1.165) is 16.4 Å². The Morgan fingerprint density at radius 1 is 1.11 bits per heavy atom. The molecule has 19 heavy (non-hydrogen) atoms. The fraction of sp³-hybridized carbons (Fsp3) is 0. The largest absolute Gasteiger partial charge is 0.330 e. The second-order valence-corrected chi connectivity index (χ2v) is 4.99. The molecule has 0 aliphatic heterocycles. The van der Waals surface area contributed by atoms with Gasteiger partial charge < -0.3 is 5.32 Å². The van der Waals surface area contributed by atoms with E-state index in [4.69, 9.17) is 11.6 Å². The summed E-state index contributed by atoms with van der Waals surface area (Å²) in [6, 6.07) is 11.2. The Hall–Kier alpha value is -1.98. The summed E-state index contributed by atoms with van der Waals surface area (Å²) in [6.45, 7) is 0. The third kappa shape index (κ3) is 2.89. The van der Waals surface area contributed by atoms with Gasteiger partial charge in [0.05, 0.1) is 0 Å². The van der Waals surface area contributed by atoms with Gasteiger partial charge in [-0.1, -0.05) is 11.6 Å². The molecule has 1 N–H and O–H groups in total. The lowest BCUT2D eigenvalue weighted by Crippen LogP contribution is -1.89. The van der Waals surface area contributed by atoms with Crippen molar-refractivity contribution in [1.82, 2.24) is 14.3 Å². The highest BCUT2D eigenvalue weighted by atomic mass is 35.5. The predicted octanol–water partition coefficient (Wildman–Crippen LogP) is 4.00. The SMILES string of the molecule is Clc1ccc(Nc2nc(-c3cccnc3)ns2)cc1. The van der Waals surface area contributed by atoms with Crippen molar-refractivity contribution in [2.24, 2.45) is 0 Å². The minimum absolute atomic E-state index is 0.676. The number of nitrogens with zero attached hydrogens (tertiary/aromatic N) is 3. The molecule has 0 saturated heterocycles. The number of nitrogens with one attached hydrogen (secondary N) is 1. The second kappa shape index (κ2) is 5.34. The van der Waals surface area contributed by atoms with Gasteiger partial charge in [0.2, 0.25) is 5.13 Å². The van der Waals surface area contributed by atoms with Crippen molar-refractivity contribution in [2.45, 2.75) is 0 Å². The molecule has 3 rings (SSSR count). The standard InChI is InChI=1S/C13H9ClN4S/c14-10-3-5-11(6-4-10)16-13-17-12(18-19-13)9-2-1-7-15-8-9/h1-8H,(H,16,17,18). The summed E-state index contributed by atoms with van der Waals surface area (Å²) < 4.78 is 4.30. The Kier molecular flexibility index (Phi) is 3.39. The van der Waals surface area contributed by atoms with Gasteiger partial charge >= 0.3 is 0 Å². The number of rotatable bonds is 3. The number of hydrogen-bond donors (Lipinski definition) is 1. The molecule has 2 heterocycles. The molecule has 0 bridgehead atoms. The van der Waals surface area contributed by atoms with Gasteiger partial charge in [0.25, 0.3) is 0 Å². The Bertz CT molecular complexity index is 667. The summed E-state index contributed by atoms with van der Waals surface area (Å²) in [5.41, 5.74) is 1.83. The van der Waals surface area contributed by atoms with E-state index in [9.17, 15) is 0 Å². The molecule has 0 spiro atoms. The molecule has 0 atom stereocenters. The average molecular weight is 289 g/mol. The van der Waals surface area contributed by atoms with E-state index in [0.29, 0.717) is 10.8 Å². The smallest absolute Gasteiger partial charge is 0.207 e. The number of hydrogen-bond acceptors (Lipinski definition) is 5. The summed E-state index contributed by atoms with van der Waals surface area (Å²) in [7, 11) is 0. The molecule has 0 amide bonds. The molecule has 0 aliphatic rings. The van der Waals surface area contributed by atoms with Crippen LogP contribution in [0, 0.1) is 0 Å². The van der Waals surface area contributed by atoms with Crippen molar-refractivity contribution in [1.29, 1.82) is 0 Å². The highest BCUT2D eigenvalue weighted by molar-refractivity contribution is 7.09. The topological polar surface area (TPSA) is 50.7 Å². The first-order valence-electron chi connectivity index (χ1n) is 5.58. The highest BCUT2D eigenvalue weighted by Gasteiger charge is 2.06. The zero-order valence-electron chi connectivity index (χ0n) is 9.75. The molecule has 6 heteroatoms. The lowest BCUT2D eigenvalue weighted by atomic mass is 10.3. The van der Waals surface area contributed by atoms with Gasteiger partial charge in [0.1, 0.15) is 0 Å². The van der Waals surface area contributed by atoms with Crippen molar-refractivity contribution < 1.29 is 0 Å². The Labute approximate surface area is 119 Å². The van der Waals surface area contributed by atoms with Crippen molar-refractivity contribution >= 4 is 34.0 Å². The third-order valence-corrected chi connectivity index (χ3v) is 3.32. The lowest BCUT2D eigenvalue weighted by Gasteiger charge is -2.00. The first kappa shape index (κ1) is 12.1. The van der Waals surface area contributed by atoms with Crippen LogP contribution in [0.15, 0.2) is 48.8 Å². The van der Waals surface area contributed by atoms with E-state index in [1.54, 1.807) is 12.4 Å². The predicted molar refractivity (Wildman–Crippen MR) is 77.9 cm³/mol. The highest BCUT2D eigenvalue weighted by Crippen LogP contribution is 2.24. The van der Waals surface area contributed by atoms with Crippen molar-refractivity contribution in [2.75, 3.05) is 5.32 Å². The van der Waals surface area contributed by atoms with E-state index in [1.807, 2.05) is 36.4 Å². The lowest BCUT2D eigenvalue weighted by molar-refractivity contribution is 1.27. The van der Waals surface area contributed by atoms with Crippen LogP contribution in [0.3, 0.4) is 0 Å². The third-order valence-electron chi connectivity index (χ3n) is 2.44. The van der Waals surface area contributed by atoms with Crippen LogP contribution in [0.25, 0.3) is 11.4 Å². The van der Waals surface area contributed by atoms with Gasteiger partial charge in [-0.05, 0) is 36.4 Å². The van der Waals surface area contributed by atoms with E-state index < -0.39 is 0 Å². The molecule has 0 saturated carbocycles. The number of benzene rings is 1. The minimum Gasteiger partial charge on any atom is -0.330 e. The summed E-state index contributed by atoms with van der Waals surface area (Å²) in [5.74, 6) is 0.676. The van der Waals surface area contributed by atoms with Gasteiger partial charge in [-0.15, -0.1) is 0 Å². The number of anilines is 2. The first-order chi connectivity index (χ1) is 9.31. The molecule has 4 nitrogen and oxygen atoms in total. The van der Waals surface area contributed by atoms with Crippen molar-refractivity contribution in [3.05, 3.63) is 53.8 Å². The molecule has 0 fully saturated rings. The van der Waals surface area contributed by atoms with Crippen LogP contribution in [-0.2, 0) is 0 Å². The molecular formula is C13H9ClN4S. The van der Waals surface area contributed by atoms with Crippen molar-refractivity contribution in [3.63, 3.8) is 0 Å². The van der Waals surface area contributed by atoms with Gasteiger partial charge in [0, 0.05) is 40.2 Å². The van der Waals surface area contributed by atoms with Crippen LogP contribution in [-0.4, -0.2) is 14.3 Å². The summed E-state index contributed by atoms with van der Waals surface area (Å²) in [5, 5.41) is 4.63. The molecule has 94 valence electrons. The number of pyridine rings is 1. The average Bonchev–Trinajstić information content (AvgIpc) is 2.91. The van der Waals surface area contributed by atoms with Gasteiger partial charge in [-0.3, -0.25) is 4.98 Å². The molecule has 1 aromatic carbocycles. The monoisotopic (exact) mass is 288 g/mol. The Morgan fingerprint density at radius 2 is 1.95 bits per heavy atom. The maximum Gasteiger partial charge on any atom is 0.207 e. The molecule has 0 unspecified atom stereocenters. The fourth-order valence-electron chi connectivity index (χ4n) is 1.54. The summed E-state index contributed by atoms with van der Waals surface area (Å²) >= 11 is 7.15. The Balaban J connectivity index is 1.80. The van der Waals surface area contributed by atoms with Crippen LogP contribution in [0.2, 0.25) is 5.02 Å². The van der Waals surface area contributed by atoms with E-state index in [1.165, 1.54) is 11.5 Å². The van der Waals surface area contributed by atoms with E-state index >= 15 is 0 Å². The van der Waals surface area contributed by atoms with Gasteiger partial charge in [-0.2, -0.15) is 9.36 Å². The maximum absolute atomic E-state index is 5.84. The minimum atomic E-state index is 0.676. The first-order valence-corrected chi connectivity index (χ1v) is 6.73. The van der Waals surface area contributed by atoms with Crippen LogP contribution in [0.1, 0.15) is 0 Å². The summed E-state index contributed by atoms with van der Waals surface area (Å²) in [6.07, 6.45) is 3.47. The van der Waals surface area contributed by atoms with Crippen LogP contribution in [0.4, 0.5) is 10.8 Å². The van der Waals surface area contributed by atoms with E-state index in [2.05, 4.69) is 19.7 Å². The van der Waals surface area contributed by atoms with Crippen LogP contribution in [0.5, 0.6) is 0 Å². The zero-order chi connectivity index (χ0) is 13.1. The molecule has 3 aromatic rings. The van der Waals surface area contributed by atoms with Gasteiger partial charge in [-0.25, -0.2) is 0 Å². The zero-order valence-corrected chi connectivity index (χ0v) is 11.3. The van der Waals surface area contributed by atoms with E-state index in [-0.39, 0.29) is 0 Å². The molecule has 0 radical (unpaired) electrons. The van der Waals surface area contributed by atoms with Gasteiger partial charge in [0.15, 0.2) is 5.82 Å². The van der Waals surface area contributed by atoms with Crippen LogP contribution >= 0.6 is 23.1 Å². The molecular weight excluding hydrogens is 280 g/mol. The summed E-state index contributed by atoms with van der Waals surface area (Å²) in [4.78, 5) is 8.48. The normalized spacial score (nSPS) is 10.4. The second-order valence-electron chi connectivity index (χ2n) is 3.80. The maximum atomic E-state index is 5.84. The van der Waals surface area contributed by atoms with Crippen molar-refractivity contribution in [3.8, 4) is 11.4 Å². The molecule has 2 aromatic heterocycles. The number of halogens is 1. The Morgan fingerprint density at radius 3 is 2.68 bits per heavy atom. The fourth-order valence-corrected chi connectivity index (χ4v) is 2.28. The number of aromatic nitrogens is 3. The quantitative estimate of drug-likeness (QED) is 0.791. The molecule has 0 aliphatic carbocycles.